The summed E-state index contributed by atoms with van der Waals surface area (Å²) in [6.07, 6.45) is -4.05. The van der Waals surface area contributed by atoms with Gasteiger partial charge in [-0.1, -0.05) is 35.9 Å². The van der Waals surface area contributed by atoms with E-state index in [0.717, 1.165) is 11.3 Å². The Morgan fingerprint density at radius 1 is 1.11 bits per heavy atom. The van der Waals surface area contributed by atoms with E-state index in [4.69, 9.17) is 22.1 Å². The molecule has 0 aliphatic carbocycles. The number of hydrogen-bond acceptors (Lipinski definition) is 6. The molecule has 1 amide bonds. The molecule has 3 aromatic rings. The topological polar surface area (TPSA) is 93.8 Å². The molecule has 0 saturated heterocycles. The number of rotatable bonds is 6. The lowest BCUT2D eigenvalue weighted by Gasteiger charge is -2.10. The van der Waals surface area contributed by atoms with Crippen LogP contribution < -0.4 is 11.1 Å². The van der Waals surface area contributed by atoms with Crippen molar-refractivity contribution in [3.63, 3.8) is 0 Å². The molecule has 0 spiro atoms. The van der Waals surface area contributed by atoms with E-state index in [-0.39, 0.29) is 32.4 Å². The average molecular weight is 522 g/mol. The number of nitrogens with one attached hydrogen (secondary N) is 1. The smallest absolute Gasteiger partial charge is 0.430 e. The number of methoxy groups -OCH3 is 1. The fraction of sp³-hybridized carbons (Fsp3) is 0.125. The molecule has 1 aromatic heterocycles. The zero-order valence-corrected chi connectivity index (χ0v) is 20.0. The third-order valence-corrected chi connectivity index (χ3v) is 6.14. The number of halogens is 4. The lowest BCUT2D eigenvalue weighted by Crippen LogP contribution is -2.21. The molecule has 0 saturated carbocycles. The Morgan fingerprint density at radius 2 is 1.74 bits per heavy atom. The predicted octanol–water partition coefficient (Wildman–Crippen LogP) is 6.27. The van der Waals surface area contributed by atoms with Crippen molar-refractivity contribution in [2.75, 3.05) is 12.4 Å². The second-order valence-corrected chi connectivity index (χ2v) is 8.48. The van der Waals surface area contributed by atoms with Gasteiger partial charge in [-0.15, -0.1) is 11.3 Å². The van der Waals surface area contributed by atoms with Gasteiger partial charge in [-0.3, -0.25) is 4.79 Å². The zero-order valence-electron chi connectivity index (χ0n) is 18.4. The number of ether oxygens (including phenoxy) is 1. The van der Waals surface area contributed by atoms with Gasteiger partial charge >= 0.3 is 12.1 Å². The fourth-order valence-electron chi connectivity index (χ4n) is 2.90. The Hall–Kier alpha value is -3.63. The molecule has 2 aromatic carbocycles. The summed E-state index contributed by atoms with van der Waals surface area (Å²) in [5.74, 6) is -1.10. The third kappa shape index (κ3) is 6.28. The number of thiophene rings is 1. The third-order valence-electron chi connectivity index (χ3n) is 4.74. The Bertz CT molecular complexity index is 1320. The van der Waals surface area contributed by atoms with E-state index in [1.54, 1.807) is 36.6 Å². The average Bonchev–Trinajstić information content (AvgIpc) is 3.18. The molecule has 0 aliphatic rings. The molecule has 35 heavy (non-hydrogen) atoms. The number of nitrogens with two attached hydrogens (primary N) is 1. The van der Waals surface area contributed by atoms with Gasteiger partial charge in [0.1, 0.15) is 10.6 Å². The summed E-state index contributed by atoms with van der Waals surface area (Å²) in [7, 11) is 1.24. The van der Waals surface area contributed by atoms with Crippen LogP contribution in [-0.4, -0.2) is 30.9 Å². The number of para-hydroxylation sites is 1. The van der Waals surface area contributed by atoms with Crippen LogP contribution in [0.3, 0.4) is 0 Å². The quantitative estimate of drug-likeness (QED) is 0.295. The number of anilines is 1. The number of carbonyl (C=O) groups excluding carboxylic acids is 2. The first kappa shape index (κ1) is 26.0. The number of carbonyl (C=O) groups is 2. The molecule has 0 unspecified atom stereocenters. The highest BCUT2D eigenvalue weighted by molar-refractivity contribution is 7.12. The summed E-state index contributed by atoms with van der Waals surface area (Å²) in [6.45, 7) is 1.73. The maximum atomic E-state index is 13.1. The van der Waals surface area contributed by atoms with Crippen molar-refractivity contribution in [3.8, 4) is 0 Å². The molecule has 0 atom stereocenters. The number of esters is 1. The van der Waals surface area contributed by atoms with Gasteiger partial charge in [-0.05, 0) is 48.2 Å². The van der Waals surface area contributed by atoms with E-state index in [2.05, 4.69) is 10.3 Å². The van der Waals surface area contributed by atoms with Crippen molar-refractivity contribution >= 4 is 51.9 Å². The highest BCUT2D eigenvalue weighted by Gasteiger charge is 2.31. The first-order valence-corrected chi connectivity index (χ1v) is 11.2. The van der Waals surface area contributed by atoms with Crippen LogP contribution in [-0.2, 0) is 4.74 Å². The van der Waals surface area contributed by atoms with Gasteiger partial charge < -0.3 is 15.8 Å². The lowest BCUT2D eigenvalue weighted by molar-refractivity contribution is -0.0925. The normalized spacial score (nSPS) is 12.4. The minimum absolute atomic E-state index is 0.0958. The van der Waals surface area contributed by atoms with E-state index in [9.17, 15) is 22.8 Å². The summed E-state index contributed by atoms with van der Waals surface area (Å²) < 4.78 is 44.0. The van der Waals surface area contributed by atoms with Crippen LogP contribution in [0.5, 0.6) is 0 Å². The second-order valence-electron chi connectivity index (χ2n) is 7.19. The van der Waals surface area contributed by atoms with E-state index in [1.807, 2.05) is 0 Å². The van der Waals surface area contributed by atoms with Crippen LogP contribution in [0.25, 0.3) is 0 Å². The van der Waals surface area contributed by atoms with Crippen molar-refractivity contribution in [2.45, 2.75) is 13.1 Å². The monoisotopic (exact) mass is 521 g/mol. The molecule has 3 N–H and O–H groups in total. The van der Waals surface area contributed by atoms with Crippen LogP contribution in [0, 0.1) is 6.92 Å². The SMILES string of the molecule is COC(=O)c1scc(C)c1NC(=O)c1ccc(C(/C=C(\N)C(F)(F)F)=Nc2ccccc2Cl)cc1. The number of benzene rings is 2. The number of nitrogens with zero attached hydrogens (tertiary/aromatic N) is 1. The molecular weight excluding hydrogens is 503 g/mol. The highest BCUT2D eigenvalue weighted by atomic mass is 35.5. The largest absolute Gasteiger partial charge is 0.465 e. The van der Waals surface area contributed by atoms with Gasteiger partial charge in [0, 0.05) is 11.1 Å². The summed E-state index contributed by atoms with van der Waals surface area (Å²) in [5, 5.41) is 4.63. The molecule has 0 aliphatic heterocycles. The summed E-state index contributed by atoms with van der Waals surface area (Å²) in [4.78, 5) is 29.2. The van der Waals surface area contributed by atoms with Gasteiger partial charge in [0.25, 0.3) is 5.91 Å². The van der Waals surface area contributed by atoms with Crippen LogP contribution >= 0.6 is 22.9 Å². The number of aliphatic imine (C=N–C) groups is 1. The molecule has 0 radical (unpaired) electrons. The van der Waals surface area contributed by atoms with Crippen LogP contribution in [0.4, 0.5) is 24.5 Å². The van der Waals surface area contributed by atoms with Crippen molar-refractivity contribution in [1.82, 2.24) is 0 Å². The van der Waals surface area contributed by atoms with Crippen molar-refractivity contribution in [2.24, 2.45) is 10.7 Å². The van der Waals surface area contributed by atoms with Gasteiger partial charge in [-0.2, -0.15) is 13.2 Å². The molecule has 0 fully saturated rings. The predicted molar refractivity (Wildman–Crippen MR) is 131 cm³/mol. The molecule has 182 valence electrons. The first-order chi connectivity index (χ1) is 16.5. The molecule has 0 bridgehead atoms. The van der Waals surface area contributed by atoms with Gasteiger partial charge in [0.15, 0.2) is 0 Å². The Balaban J connectivity index is 1.94. The summed E-state index contributed by atoms with van der Waals surface area (Å²) >= 11 is 7.24. The van der Waals surface area contributed by atoms with E-state index < -0.39 is 23.7 Å². The molecular formula is C24H19ClF3N3O3S. The number of aryl methyl sites for hydroxylation is 1. The fourth-order valence-corrected chi connectivity index (χ4v) is 4.00. The molecule has 3 rings (SSSR count). The molecule has 1 heterocycles. The zero-order chi connectivity index (χ0) is 25.8. The maximum absolute atomic E-state index is 13.1. The summed E-state index contributed by atoms with van der Waals surface area (Å²) in [5.41, 5.74) is 5.53. The standard InChI is InChI=1S/C24H19ClF3N3O3S/c1-13-12-35-21(23(33)34-2)20(13)31-22(32)15-9-7-14(8-10-15)18(11-19(29)24(26,27)28)30-17-6-4-3-5-16(17)25/h3-12H,29H2,1-2H3,(H,31,32)/b19-11-,30-18?. The number of hydrogen-bond donors (Lipinski definition) is 2. The number of allylic oxidation sites excluding steroid dienone is 2. The van der Waals surface area contributed by atoms with Crippen LogP contribution in [0.1, 0.15) is 31.2 Å². The minimum Gasteiger partial charge on any atom is -0.465 e. The van der Waals surface area contributed by atoms with Crippen molar-refractivity contribution in [1.29, 1.82) is 0 Å². The molecule has 11 heteroatoms. The lowest BCUT2D eigenvalue weighted by atomic mass is 10.1. The van der Waals surface area contributed by atoms with E-state index in [0.29, 0.717) is 17.3 Å². The highest BCUT2D eigenvalue weighted by Crippen LogP contribution is 2.29. The van der Waals surface area contributed by atoms with Crippen molar-refractivity contribution in [3.05, 3.63) is 92.3 Å². The Labute approximate surface area is 207 Å². The van der Waals surface area contributed by atoms with Crippen molar-refractivity contribution < 1.29 is 27.5 Å². The second kappa shape index (κ2) is 10.7. The Morgan fingerprint density at radius 3 is 2.34 bits per heavy atom. The number of amides is 1. The minimum atomic E-state index is -4.75. The van der Waals surface area contributed by atoms with E-state index >= 15 is 0 Å². The molecule has 6 nitrogen and oxygen atoms in total. The van der Waals surface area contributed by atoms with Crippen LogP contribution in [0.2, 0.25) is 5.02 Å². The van der Waals surface area contributed by atoms with Gasteiger partial charge in [0.2, 0.25) is 0 Å². The Kier molecular flexibility index (Phi) is 7.98. The first-order valence-electron chi connectivity index (χ1n) is 9.97. The van der Waals surface area contributed by atoms with E-state index in [1.165, 1.54) is 31.4 Å². The van der Waals surface area contributed by atoms with Crippen LogP contribution in [0.15, 0.2) is 70.7 Å². The van der Waals surface area contributed by atoms with Gasteiger partial charge in [0.05, 0.1) is 29.2 Å². The maximum Gasteiger partial charge on any atom is 0.430 e. The number of alkyl halides is 3. The van der Waals surface area contributed by atoms with Gasteiger partial charge in [-0.25, -0.2) is 9.79 Å². The summed E-state index contributed by atoms with van der Waals surface area (Å²) in [6, 6.07) is 12.1.